The smallest absolute Gasteiger partial charge is 0.227 e. The molecule has 2 aromatic rings. The predicted octanol–water partition coefficient (Wildman–Crippen LogP) is 2.54. The lowest BCUT2D eigenvalue weighted by Gasteiger charge is -2.34. The highest BCUT2D eigenvalue weighted by molar-refractivity contribution is 7.89. The molecule has 0 atom stereocenters. The first-order valence-corrected chi connectivity index (χ1v) is 11.2. The van der Waals surface area contributed by atoms with E-state index in [2.05, 4.69) is 10.2 Å². The van der Waals surface area contributed by atoms with E-state index in [9.17, 15) is 12.8 Å². The van der Waals surface area contributed by atoms with Crippen LogP contribution in [-0.2, 0) is 26.7 Å². The Hall–Kier alpha value is -1.84. The molecule has 152 valence electrons. The molecule has 2 saturated heterocycles. The molecule has 2 aliphatic rings. The summed E-state index contributed by atoms with van der Waals surface area (Å²) in [4.78, 5) is 0. The summed E-state index contributed by atoms with van der Waals surface area (Å²) in [5.41, 5.74) is 0.538. The van der Waals surface area contributed by atoms with Gasteiger partial charge < -0.3 is 9.15 Å². The summed E-state index contributed by atoms with van der Waals surface area (Å²) in [6, 6.07) is 5.01. The first-order valence-electron chi connectivity index (χ1n) is 9.56. The van der Waals surface area contributed by atoms with E-state index >= 15 is 0 Å². The molecule has 3 heterocycles. The number of nitrogens with zero attached hydrogens (tertiary/aromatic N) is 3. The van der Waals surface area contributed by atoms with Crippen molar-refractivity contribution in [2.45, 2.75) is 44.6 Å². The van der Waals surface area contributed by atoms with E-state index in [1.807, 2.05) is 6.07 Å². The molecular weight excluding hydrogens is 385 g/mol. The summed E-state index contributed by atoms with van der Waals surface area (Å²) in [5.74, 6) is 0.652. The fourth-order valence-electron chi connectivity index (χ4n) is 4.02. The minimum atomic E-state index is -3.30. The van der Waals surface area contributed by atoms with Crippen molar-refractivity contribution in [2.24, 2.45) is 0 Å². The van der Waals surface area contributed by atoms with Crippen LogP contribution in [0.4, 0.5) is 4.39 Å². The van der Waals surface area contributed by atoms with Crippen LogP contribution >= 0.6 is 0 Å². The van der Waals surface area contributed by atoms with Gasteiger partial charge in [-0.05, 0) is 37.3 Å². The molecule has 7 nitrogen and oxygen atoms in total. The van der Waals surface area contributed by atoms with Crippen molar-refractivity contribution in [3.05, 3.63) is 46.9 Å². The van der Waals surface area contributed by atoms with Gasteiger partial charge in [0.25, 0.3) is 0 Å². The number of benzene rings is 1. The Balaban J connectivity index is 1.66. The highest BCUT2D eigenvalue weighted by Gasteiger charge is 2.41. The summed E-state index contributed by atoms with van der Waals surface area (Å²) < 4.78 is 52.0. The van der Waals surface area contributed by atoms with Gasteiger partial charge in [-0.2, -0.15) is 4.31 Å². The van der Waals surface area contributed by atoms with E-state index in [1.165, 1.54) is 10.4 Å². The molecule has 0 N–H and O–H groups in total. The van der Waals surface area contributed by atoms with Crippen LogP contribution in [0.25, 0.3) is 0 Å². The topological polar surface area (TPSA) is 85.5 Å². The lowest BCUT2D eigenvalue weighted by molar-refractivity contribution is 0.0540. The van der Waals surface area contributed by atoms with E-state index in [0.717, 1.165) is 12.0 Å². The molecule has 0 bridgehead atoms. The second kappa shape index (κ2) is 7.53. The van der Waals surface area contributed by atoms with Crippen LogP contribution in [0.3, 0.4) is 0 Å². The van der Waals surface area contributed by atoms with Crippen LogP contribution < -0.4 is 0 Å². The molecule has 1 aromatic carbocycles. The Kier molecular flexibility index (Phi) is 5.24. The summed E-state index contributed by atoms with van der Waals surface area (Å²) in [5, 5.41) is 8.14. The third kappa shape index (κ3) is 3.58. The average Bonchev–Trinajstić information content (AvgIpc) is 3.12. The average molecular weight is 409 g/mol. The SMILES string of the molecule is Cc1nnc(C2(c3ccc(CN4CCCCS4(=O)=O)c(F)c3)CCOCC2)o1. The lowest BCUT2D eigenvalue weighted by atomic mass is 9.74. The Morgan fingerprint density at radius 2 is 2.00 bits per heavy atom. The zero-order chi connectivity index (χ0) is 19.8. The predicted molar refractivity (Wildman–Crippen MR) is 99.7 cm³/mol. The fraction of sp³-hybridized carbons (Fsp3) is 0.579. The number of ether oxygens (including phenoxy) is 1. The van der Waals surface area contributed by atoms with Crippen molar-refractivity contribution >= 4 is 10.0 Å². The Bertz CT molecular complexity index is 954. The van der Waals surface area contributed by atoms with Gasteiger partial charge in [-0.3, -0.25) is 0 Å². The molecule has 0 aliphatic carbocycles. The van der Waals surface area contributed by atoms with Crippen LogP contribution in [0, 0.1) is 12.7 Å². The number of rotatable bonds is 4. The van der Waals surface area contributed by atoms with Crippen molar-refractivity contribution in [1.82, 2.24) is 14.5 Å². The molecule has 1 aromatic heterocycles. The van der Waals surface area contributed by atoms with Crippen molar-refractivity contribution in [2.75, 3.05) is 25.5 Å². The summed E-state index contributed by atoms with van der Waals surface area (Å²) in [6.45, 7) is 3.27. The zero-order valence-electron chi connectivity index (χ0n) is 15.9. The Labute approximate surface area is 163 Å². The van der Waals surface area contributed by atoms with E-state index in [0.29, 0.717) is 56.4 Å². The monoisotopic (exact) mass is 409 g/mol. The largest absolute Gasteiger partial charge is 0.425 e. The third-order valence-corrected chi connectivity index (χ3v) is 7.59. The number of sulfonamides is 1. The van der Waals surface area contributed by atoms with Gasteiger partial charge in [0.05, 0.1) is 11.2 Å². The molecule has 4 rings (SSSR count). The highest BCUT2D eigenvalue weighted by Crippen LogP contribution is 2.41. The Morgan fingerprint density at radius 1 is 1.21 bits per heavy atom. The van der Waals surface area contributed by atoms with Gasteiger partial charge >= 0.3 is 0 Å². The molecule has 0 radical (unpaired) electrons. The molecule has 0 unspecified atom stereocenters. The van der Waals surface area contributed by atoms with Crippen molar-refractivity contribution < 1.29 is 22.0 Å². The third-order valence-electron chi connectivity index (χ3n) is 5.69. The number of aryl methyl sites for hydroxylation is 1. The fourth-order valence-corrected chi connectivity index (χ4v) is 5.59. The van der Waals surface area contributed by atoms with Crippen LogP contribution in [0.5, 0.6) is 0 Å². The molecule has 0 amide bonds. The number of halogens is 1. The molecule has 28 heavy (non-hydrogen) atoms. The van der Waals surface area contributed by atoms with E-state index in [1.54, 1.807) is 13.0 Å². The normalized spacial score (nSPS) is 22.2. The standard InChI is InChI=1S/C19H24FN3O4S/c1-14-21-22-18(27-14)19(6-9-26-10-7-19)16-5-4-15(17(20)12-16)13-23-8-2-3-11-28(23,24)25/h4-5,12H,2-3,6-11,13H2,1H3. The van der Waals surface area contributed by atoms with Crippen LogP contribution in [0.2, 0.25) is 0 Å². The molecule has 9 heteroatoms. The summed E-state index contributed by atoms with van der Waals surface area (Å²) in [6.07, 6.45) is 2.70. The van der Waals surface area contributed by atoms with Crippen LogP contribution in [-0.4, -0.2) is 48.4 Å². The Morgan fingerprint density at radius 3 is 2.64 bits per heavy atom. The maximum absolute atomic E-state index is 15.0. The minimum Gasteiger partial charge on any atom is -0.425 e. The van der Waals surface area contributed by atoms with Gasteiger partial charge in [0.2, 0.25) is 21.8 Å². The first-order chi connectivity index (χ1) is 13.4. The molecule has 0 saturated carbocycles. The van der Waals surface area contributed by atoms with Gasteiger partial charge in [0, 0.05) is 38.8 Å². The minimum absolute atomic E-state index is 0.0597. The van der Waals surface area contributed by atoms with Crippen molar-refractivity contribution in [1.29, 1.82) is 0 Å². The summed E-state index contributed by atoms with van der Waals surface area (Å²) >= 11 is 0. The maximum atomic E-state index is 15.0. The van der Waals surface area contributed by atoms with Gasteiger partial charge in [0.15, 0.2) is 0 Å². The summed E-state index contributed by atoms with van der Waals surface area (Å²) in [7, 11) is -3.30. The molecule has 0 spiro atoms. The second-order valence-electron chi connectivity index (χ2n) is 7.48. The maximum Gasteiger partial charge on any atom is 0.227 e. The van der Waals surface area contributed by atoms with Gasteiger partial charge in [-0.1, -0.05) is 12.1 Å². The van der Waals surface area contributed by atoms with Gasteiger partial charge in [0.1, 0.15) is 5.82 Å². The van der Waals surface area contributed by atoms with Crippen LogP contribution in [0.1, 0.15) is 48.6 Å². The number of aromatic nitrogens is 2. The number of hydrogen-bond acceptors (Lipinski definition) is 6. The zero-order valence-corrected chi connectivity index (χ0v) is 16.7. The van der Waals surface area contributed by atoms with Gasteiger partial charge in [-0.15, -0.1) is 10.2 Å². The van der Waals surface area contributed by atoms with E-state index in [4.69, 9.17) is 9.15 Å². The number of hydrogen-bond donors (Lipinski definition) is 0. The quantitative estimate of drug-likeness (QED) is 0.771. The molecular formula is C19H24FN3O4S. The highest BCUT2D eigenvalue weighted by atomic mass is 32.2. The molecule has 2 aliphatic heterocycles. The lowest BCUT2D eigenvalue weighted by Crippen LogP contribution is -2.37. The van der Waals surface area contributed by atoms with Crippen molar-refractivity contribution in [3.63, 3.8) is 0 Å². The second-order valence-corrected chi connectivity index (χ2v) is 9.57. The van der Waals surface area contributed by atoms with E-state index < -0.39 is 21.3 Å². The van der Waals surface area contributed by atoms with Gasteiger partial charge in [-0.25, -0.2) is 12.8 Å². The van der Waals surface area contributed by atoms with Crippen LogP contribution in [0.15, 0.2) is 22.6 Å². The van der Waals surface area contributed by atoms with E-state index in [-0.39, 0.29) is 12.3 Å². The molecule has 2 fully saturated rings. The first kappa shape index (κ1) is 19.5. The van der Waals surface area contributed by atoms with Crippen molar-refractivity contribution in [3.8, 4) is 0 Å².